The molecule has 0 unspecified atom stereocenters. The summed E-state index contributed by atoms with van der Waals surface area (Å²) in [7, 11) is 0. The number of fused-ring (bicyclic) bond motifs is 5. The number of imide groups is 1. The first kappa shape index (κ1) is 17.4. The lowest BCUT2D eigenvalue weighted by Crippen LogP contribution is -2.32. The molecule has 3 amide bonds. The summed E-state index contributed by atoms with van der Waals surface area (Å²) in [5, 5.41) is 2.40. The minimum absolute atomic E-state index is 0.0978. The van der Waals surface area contributed by atoms with Crippen molar-refractivity contribution in [3.8, 4) is 0 Å². The first-order valence-electron chi connectivity index (χ1n) is 9.23. The lowest BCUT2D eigenvalue weighted by atomic mass is 9.85. The average molecular weight is 392 g/mol. The van der Waals surface area contributed by atoms with Gasteiger partial charge in [0.15, 0.2) is 0 Å². The number of aromatic nitrogens is 2. The first-order valence-corrected chi connectivity index (χ1v) is 9.23. The van der Waals surface area contributed by atoms with E-state index in [0.717, 1.165) is 12.6 Å². The number of nitrogens with zero attached hydrogens (tertiary/aromatic N) is 1. The highest BCUT2D eigenvalue weighted by molar-refractivity contribution is 6.23. The summed E-state index contributed by atoms with van der Waals surface area (Å²) in [6, 6.07) is 6.04. The Hall–Kier alpha value is -3.75. The zero-order valence-corrected chi connectivity index (χ0v) is 15.0. The normalized spacial score (nSPS) is 26.8. The number of aromatic amines is 2. The van der Waals surface area contributed by atoms with Gasteiger partial charge in [0.1, 0.15) is 5.69 Å². The third-order valence-corrected chi connectivity index (χ3v) is 5.93. The fourth-order valence-corrected chi connectivity index (χ4v) is 4.62. The molecule has 1 aliphatic heterocycles. The Labute approximate surface area is 163 Å². The van der Waals surface area contributed by atoms with Gasteiger partial charge in [-0.05, 0) is 42.5 Å². The van der Waals surface area contributed by atoms with E-state index in [1.807, 2.05) is 17.1 Å². The van der Waals surface area contributed by atoms with E-state index in [1.165, 1.54) is 29.2 Å². The Kier molecular flexibility index (Phi) is 3.67. The van der Waals surface area contributed by atoms with Crippen LogP contribution in [0.3, 0.4) is 0 Å². The van der Waals surface area contributed by atoms with E-state index in [-0.39, 0.29) is 46.7 Å². The maximum Gasteiger partial charge on any atom is 0.325 e. The van der Waals surface area contributed by atoms with E-state index in [2.05, 4.69) is 10.3 Å². The van der Waals surface area contributed by atoms with Crippen LogP contribution in [-0.2, 0) is 9.59 Å². The number of allylic oxidation sites excluding steroid dienone is 2. The third-order valence-electron chi connectivity index (χ3n) is 5.93. The van der Waals surface area contributed by atoms with Crippen molar-refractivity contribution in [2.75, 3.05) is 10.2 Å². The molecule has 2 bridgehead atoms. The summed E-state index contributed by atoms with van der Waals surface area (Å²) in [5.74, 6) is -1.24. The van der Waals surface area contributed by atoms with Gasteiger partial charge in [-0.15, -0.1) is 0 Å². The molecule has 2 aromatic rings. The Morgan fingerprint density at radius 3 is 2.17 bits per heavy atom. The van der Waals surface area contributed by atoms with Crippen LogP contribution in [-0.4, -0.2) is 27.7 Å². The van der Waals surface area contributed by atoms with Gasteiger partial charge in [-0.2, -0.15) is 0 Å². The number of carbonyl (C=O) groups is 3. The zero-order chi connectivity index (χ0) is 20.3. The second-order valence-corrected chi connectivity index (χ2v) is 7.50. The summed E-state index contributed by atoms with van der Waals surface area (Å²) >= 11 is 0. The maximum absolute atomic E-state index is 12.8. The van der Waals surface area contributed by atoms with Gasteiger partial charge in [-0.25, -0.2) is 4.79 Å². The summed E-state index contributed by atoms with van der Waals surface area (Å²) in [6.07, 6.45) is 6.04. The highest BCUT2D eigenvalue weighted by atomic mass is 16.2. The number of carbonyl (C=O) groups excluding carboxylic acids is 3. The number of H-pyrrole nitrogens is 2. The van der Waals surface area contributed by atoms with Gasteiger partial charge in [0.2, 0.25) is 11.8 Å². The highest BCUT2D eigenvalue weighted by Gasteiger charge is 2.59. The van der Waals surface area contributed by atoms with Gasteiger partial charge in [-0.1, -0.05) is 12.2 Å². The first-order chi connectivity index (χ1) is 13.9. The Bertz CT molecular complexity index is 1160. The van der Waals surface area contributed by atoms with Crippen molar-refractivity contribution in [3.05, 3.63) is 69.0 Å². The van der Waals surface area contributed by atoms with E-state index in [9.17, 15) is 24.0 Å². The van der Waals surface area contributed by atoms with Crippen molar-refractivity contribution >= 4 is 29.1 Å². The van der Waals surface area contributed by atoms with Crippen LogP contribution >= 0.6 is 0 Å². The summed E-state index contributed by atoms with van der Waals surface area (Å²) in [4.78, 5) is 66.3. The summed E-state index contributed by atoms with van der Waals surface area (Å²) in [5.41, 5.74) is -0.834. The minimum atomic E-state index is -0.721. The summed E-state index contributed by atoms with van der Waals surface area (Å²) in [6.45, 7) is 0. The SMILES string of the molecule is O=C(Nc1c[nH]c(=O)[nH]c1=O)c1ccc(N2C(=O)[C@@H]3[C@@H](C2=O)[C@@H]2C=C[C@@H]3C2)cc1. The highest BCUT2D eigenvalue weighted by Crippen LogP contribution is 2.53. The van der Waals surface area contributed by atoms with Crippen LogP contribution in [0.25, 0.3) is 0 Å². The van der Waals surface area contributed by atoms with Crippen LogP contribution in [0.1, 0.15) is 16.8 Å². The molecule has 2 aliphatic carbocycles. The van der Waals surface area contributed by atoms with Crippen LogP contribution in [0.5, 0.6) is 0 Å². The number of nitrogens with one attached hydrogen (secondary N) is 3. The van der Waals surface area contributed by atoms with Gasteiger partial charge in [0.05, 0.1) is 17.5 Å². The molecule has 1 saturated heterocycles. The minimum Gasteiger partial charge on any atom is -0.316 e. The number of amides is 3. The Morgan fingerprint density at radius 2 is 1.59 bits per heavy atom. The monoisotopic (exact) mass is 392 g/mol. The quantitative estimate of drug-likeness (QED) is 0.521. The fraction of sp³-hybridized carbons (Fsp3) is 0.250. The zero-order valence-electron chi connectivity index (χ0n) is 15.0. The van der Waals surface area contributed by atoms with Gasteiger partial charge in [-0.3, -0.25) is 29.1 Å². The molecule has 9 heteroatoms. The van der Waals surface area contributed by atoms with Gasteiger partial charge in [0, 0.05) is 11.8 Å². The number of anilines is 2. The maximum atomic E-state index is 12.8. The van der Waals surface area contributed by atoms with Crippen molar-refractivity contribution in [3.63, 3.8) is 0 Å². The molecule has 3 N–H and O–H groups in total. The van der Waals surface area contributed by atoms with Crippen molar-refractivity contribution in [2.45, 2.75) is 6.42 Å². The molecule has 2 fully saturated rings. The summed E-state index contributed by atoms with van der Waals surface area (Å²) < 4.78 is 0. The Morgan fingerprint density at radius 1 is 0.966 bits per heavy atom. The van der Waals surface area contributed by atoms with Crippen LogP contribution in [0.2, 0.25) is 0 Å². The largest absolute Gasteiger partial charge is 0.325 e. The molecule has 0 radical (unpaired) electrons. The van der Waals surface area contributed by atoms with Gasteiger partial charge >= 0.3 is 5.69 Å². The van der Waals surface area contributed by atoms with E-state index in [4.69, 9.17) is 0 Å². The molecular weight excluding hydrogens is 376 g/mol. The molecule has 146 valence electrons. The molecule has 3 aliphatic rings. The van der Waals surface area contributed by atoms with E-state index < -0.39 is 17.2 Å². The second-order valence-electron chi connectivity index (χ2n) is 7.50. The molecule has 1 aromatic carbocycles. The fourth-order valence-electron chi connectivity index (χ4n) is 4.62. The number of hydrogen-bond donors (Lipinski definition) is 3. The Balaban J connectivity index is 1.36. The number of hydrogen-bond acceptors (Lipinski definition) is 5. The topological polar surface area (TPSA) is 132 Å². The predicted molar refractivity (Wildman–Crippen MR) is 102 cm³/mol. The molecule has 4 atom stereocenters. The lowest BCUT2D eigenvalue weighted by Gasteiger charge is -2.17. The van der Waals surface area contributed by atoms with Crippen molar-refractivity contribution in [2.24, 2.45) is 23.7 Å². The molecule has 1 aromatic heterocycles. The smallest absolute Gasteiger partial charge is 0.316 e. The van der Waals surface area contributed by atoms with Crippen molar-refractivity contribution in [1.29, 1.82) is 0 Å². The van der Waals surface area contributed by atoms with Crippen LogP contribution in [0, 0.1) is 23.7 Å². The third kappa shape index (κ3) is 2.58. The van der Waals surface area contributed by atoms with Crippen LogP contribution in [0.15, 0.2) is 52.2 Å². The van der Waals surface area contributed by atoms with E-state index in [1.54, 1.807) is 0 Å². The number of rotatable bonds is 3. The molecule has 9 nitrogen and oxygen atoms in total. The lowest BCUT2D eigenvalue weighted by molar-refractivity contribution is -0.123. The molecule has 1 saturated carbocycles. The standard InChI is InChI=1S/C20H16N4O5/c25-16(22-13-8-21-20(29)23-17(13)26)9-3-5-12(6-4-9)24-18(27)14-10-1-2-11(7-10)15(14)19(24)28/h1-6,8,10-11,14-15H,7H2,(H,22,25)(H2,21,23,26,29)/t10-,11-,14+,15+/m1/s1. The van der Waals surface area contributed by atoms with Crippen LogP contribution < -0.4 is 21.5 Å². The van der Waals surface area contributed by atoms with Crippen LogP contribution in [0.4, 0.5) is 11.4 Å². The van der Waals surface area contributed by atoms with Gasteiger partial charge < -0.3 is 10.3 Å². The van der Waals surface area contributed by atoms with Crippen molar-refractivity contribution in [1.82, 2.24) is 9.97 Å². The predicted octanol–water partition coefficient (Wildman–Crippen LogP) is 0.627. The van der Waals surface area contributed by atoms with Crippen molar-refractivity contribution < 1.29 is 14.4 Å². The van der Waals surface area contributed by atoms with E-state index >= 15 is 0 Å². The van der Waals surface area contributed by atoms with Gasteiger partial charge in [0.25, 0.3) is 11.5 Å². The molecular formula is C20H16N4O5. The number of benzene rings is 1. The average Bonchev–Trinajstić information content (AvgIpc) is 3.38. The molecule has 5 rings (SSSR count). The molecule has 0 spiro atoms. The second kappa shape index (κ2) is 6.13. The molecule has 29 heavy (non-hydrogen) atoms. The van der Waals surface area contributed by atoms with E-state index in [0.29, 0.717) is 5.69 Å². The molecule has 2 heterocycles.